The van der Waals surface area contributed by atoms with E-state index in [1.807, 2.05) is 42.1 Å². The molecule has 1 fully saturated rings. The first-order valence-electron chi connectivity index (χ1n) is 10.4. The number of rotatable bonds is 4. The molecule has 0 bridgehead atoms. The minimum absolute atomic E-state index is 0.00685. The molecule has 0 atom stereocenters. The van der Waals surface area contributed by atoms with E-state index in [4.69, 9.17) is 14.7 Å². The number of hydrogen-bond donors (Lipinski definition) is 0. The van der Waals surface area contributed by atoms with Crippen LogP contribution in [0.25, 0.3) is 0 Å². The van der Waals surface area contributed by atoms with Gasteiger partial charge in [-0.3, -0.25) is 4.79 Å². The van der Waals surface area contributed by atoms with Crippen LogP contribution in [0.15, 0.2) is 24.3 Å². The summed E-state index contributed by atoms with van der Waals surface area (Å²) >= 11 is 0. The predicted octanol–water partition coefficient (Wildman–Crippen LogP) is 1.50. The summed E-state index contributed by atoms with van der Waals surface area (Å²) in [5, 5.41) is 0. The second-order valence-corrected chi connectivity index (χ2v) is 8.17. The van der Waals surface area contributed by atoms with E-state index in [1.165, 1.54) is 0 Å². The summed E-state index contributed by atoms with van der Waals surface area (Å²) in [5.74, 6) is 2.40. The van der Waals surface area contributed by atoms with Crippen molar-refractivity contribution in [1.82, 2.24) is 19.8 Å². The Morgan fingerprint density at radius 1 is 1.10 bits per heavy atom. The van der Waals surface area contributed by atoms with E-state index in [-0.39, 0.29) is 5.91 Å². The number of hydrogen-bond acceptors (Lipinski definition) is 7. The SMILES string of the molecule is COc1cccc(C(=O)N2CCc3nc(N4CCN(C)CC4)nc(N(C)C)c3C2)c1. The molecule has 1 saturated heterocycles. The monoisotopic (exact) mass is 410 g/mol. The van der Waals surface area contributed by atoms with Crippen molar-refractivity contribution in [3.8, 4) is 5.75 Å². The van der Waals surface area contributed by atoms with Crippen molar-refractivity contribution in [2.75, 3.05) is 70.8 Å². The van der Waals surface area contributed by atoms with Crippen molar-refractivity contribution in [2.24, 2.45) is 0 Å². The van der Waals surface area contributed by atoms with Crippen molar-refractivity contribution < 1.29 is 9.53 Å². The van der Waals surface area contributed by atoms with Gasteiger partial charge in [0.05, 0.1) is 19.3 Å². The molecular weight excluding hydrogens is 380 g/mol. The van der Waals surface area contributed by atoms with Crippen LogP contribution in [0.2, 0.25) is 0 Å². The van der Waals surface area contributed by atoms with E-state index in [0.29, 0.717) is 24.4 Å². The Hall–Kier alpha value is -2.87. The van der Waals surface area contributed by atoms with Gasteiger partial charge in [0, 0.05) is 64.4 Å². The highest BCUT2D eigenvalue weighted by molar-refractivity contribution is 5.94. The van der Waals surface area contributed by atoms with Crippen LogP contribution in [0.1, 0.15) is 21.6 Å². The number of piperazine rings is 1. The van der Waals surface area contributed by atoms with Gasteiger partial charge in [0.1, 0.15) is 11.6 Å². The van der Waals surface area contributed by atoms with Crippen LogP contribution in [0.3, 0.4) is 0 Å². The molecule has 0 spiro atoms. The number of anilines is 2. The number of fused-ring (bicyclic) bond motifs is 1. The van der Waals surface area contributed by atoms with Gasteiger partial charge in [-0.2, -0.15) is 4.98 Å². The summed E-state index contributed by atoms with van der Waals surface area (Å²) in [4.78, 5) is 31.4. The first-order valence-corrected chi connectivity index (χ1v) is 10.4. The molecule has 2 aromatic rings. The predicted molar refractivity (Wildman–Crippen MR) is 118 cm³/mol. The van der Waals surface area contributed by atoms with Crippen molar-refractivity contribution in [1.29, 1.82) is 0 Å². The van der Waals surface area contributed by atoms with Crippen LogP contribution in [-0.4, -0.2) is 86.7 Å². The first-order chi connectivity index (χ1) is 14.5. The lowest BCUT2D eigenvalue weighted by molar-refractivity contribution is 0.0733. The fraction of sp³-hybridized carbons (Fsp3) is 0.500. The van der Waals surface area contributed by atoms with Crippen LogP contribution in [0.5, 0.6) is 5.75 Å². The maximum Gasteiger partial charge on any atom is 0.254 e. The molecule has 0 unspecified atom stereocenters. The zero-order valence-corrected chi connectivity index (χ0v) is 18.3. The maximum atomic E-state index is 13.1. The second-order valence-electron chi connectivity index (χ2n) is 8.17. The van der Waals surface area contributed by atoms with Gasteiger partial charge in [-0.25, -0.2) is 4.98 Å². The summed E-state index contributed by atoms with van der Waals surface area (Å²) in [6, 6.07) is 7.32. The molecule has 1 amide bonds. The van der Waals surface area contributed by atoms with Crippen LogP contribution in [0.4, 0.5) is 11.8 Å². The third-order valence-corrected chi connectivity index (χ3v) is 5.84. The number of aromatic nitrogens is 2. The fourth-order valence-corrected chi connectivity index (χ4v) is 4.01. The van der Waals surface area contributed by atoms with Gasteiger partial charge < -0.3 is 24.3 Å². The highest BCUT2D eigenvalue weighted by Gasteiger charge is 2.28. The normalized spacial score (nSPS) is 16.9. The van der Waals surface area contributed by atoms with E-state index < -0.39 is 0 Å². The lowest BCUT2D eigenvalue weighted by Crippen LogP contribution is -2.45. The molecular formula is C22H30N6O2. The van der Waals surface area contributed by atoms with Crippen LogP contribution in [-0.2, 0) is 13.0 Å². The average molecular weight is 411 g/mol. The smallest absolute Gasteiger partial charge is 0.254 e. The number of ether oxygens (including phenoxy) is 1. The Kier molecular flexibility index (Phi) is 5.76. The van der Waals surface area contributed by atoms with Crippen molar-refractivity contribution >= 4 is 17.7 Å². The Morgan fingerprint density at radius 2 is 1.87 bits per heavy atom. The molecule has 30 heavy (non-hydrogen) atoms. The van der Waals surface area contributed by atoms with Crippen molar-refractivity contribution in [2.45, 2.75) is 13.0 Å². The largest absolute Gasteiger partial charge is 0.497 e. The number of carbonyl (C=O) groups is 1. The maximum absolute atomic E-state index is 13.1. The number of carbonyl (C=O) groups excluding carboxylic acids is 1. The highest BCUT2D eigenvalue weighted by atomic mass is 16.5. The van der Waals surface area contributed by atoms with Gasteiger partial charge in [0.2, 0.25) is 5.95 Å². The van der Waals surface area contributed by atoms with Gasteiger partial charge in [-0.1, -0.05) is 6.07 Å². The van der Waals surface area contributed by atoms with E-state index >= 15 is 0 Å². The van der Waals surface area contributed by atoms with E-state index in [0.717, 1.165) is 55.6 Å². The third-order valence-electron chi connectivity index (χ3n) is 5.84. The van der Waals surface area contributed by atoms with Crippen LogP contribution in [0, 0.1) is 0 Å². The topological polar surface area (TPSA) is 65.0 Å². The summed E-state index contributed by atoms with van der Waals surface area (Å²) in [7, 11) is 7.75. The Balaban J connectivity index is 1.60. The van der Waals surface area contributed by atoms with Gasteiger partial charge in [0.15, 0.2) is 0 Å². The lowest BCUT2D eigenvalue weighted by Gasteiger charge is -2.35. The number of nitrogens with zero attached hydrogens (tertiary/aromatic N) is 6. The van der Waals surface area contributed by atoms with Gasteiger partial charge >= 0.3 is 0 Å². The molecule has 0 radical (unpaired) electrons. The standard InChI is InChI=1S/C22H30N6O2/c1-25(2)20-18-15-28(21(29)16-6-5-7-17(14-16)30-4)9-8-19(18)23-22(24-20)27-12-10-26(3)11-13-27/h5-7,14H,8-13,15H2,1-4H3. The molecule has 0 saturated carbocycles. The van der Waals surface area contributed by atoms with Crippen LogP contribution < -0.4 is 14.5 Å². The fourth-order valence-electron chi connectivity index (χ4n) is 4.01. The van der Waals surface area contributed by atoms with Crippen LogP contribution >= 0.6 is 0 Å². The third kappa shape index (κ3) is 4.05. The Labute approximate surface area is 178 Å². The molecule has 2 aliphatic rings. The highest BCUT2D eigenvalue weighted by Crippen LogP contribution is 2.29. The van der Waals surface area contributed by atoms with Crippen molar-refractivity contribution in [3.63, 3.8) is 0 Å². The molecule has 0 N–H and O–H groups in total. The average Bonchev–Trinajstić information content (AvgIpc) is 2.78. The van der Waals surface area contributed by atoms with E-state index in [2.05, 4.69) is 16.8 Å². The molecule has 1 aromatic carbocycles. The summed E-state index contributed by atoms with van der Waals surface area (Å²) in [6.07, 6.45) is 0.731. The zero-order chi connectivity index (χ0) is 21.3. The van der Waals surface area contributed by atoms with Gasteiger partial charge in [-0.15, -0.1) is 0 Å². The minimum atomic E-state index is 0.00685. The second kappa shape index (κ2) is 8.47. The summed E-state index contributed by atoms with van der Waals surface area (Å²) in [6.45, 7) is 5.06. The van der Waals surface area contributed by atoms with E-state index in [1.54, 1.807) is 13.2 Å². The van der Waals surface area contributed by atoms with Gasteiger partial charge in [-0.05, 0) is 25.2 Å². The molecule has 4 rings (SSSR count). The molecule has 2 aliphatic heterocycles. The Morgan fingerprint density at radius 3 is 2.57 bits per heavy atom. The Bertz CT molecular complexity index is 924. The van der Waals surface area contributed by atoms with Crippen molar-refractivity contribution in [3.05, 3.63) is 41.1 Å². The quantitative estimate of drug-likeness (QED) is 0.757. The number of methoxy groups -OCH3 is 1. The molecule has 1 aromatic heterocycles. The molecule has 8 heteroatoms. The zero-order valence-electron chi connectivity index (χ0n) is 18.3. The first kappa shape index (κ1) is 20.4. The molecule has 160 valence electrons. The molecule has 0 aliphatic carbocycles. The minimum Gasteiger partial charge on any atom is -0.497 e. The van der Waals surface area contributed by atoms with Gasteiger partial charge in [0.25, 0.3) is 5.91 Å². The molecule has 8 nitrogen and oxygen atoms in total. The number of benzene rings is 1. The van der Waals surface area contributed by atoms with E-state index in [9.17, 15) is 4.79 Å². The number of likely N-dealkylation sites (N-methyl/N-ethyl adjacent to an activating group) is 1. The lowest BCUT2D eigenvalue weighted by atomic mass is 10.0. The summed E-state index contributed by atoms with van der Waals surface area (Å²) in [5.41, 5.74) is 2.73. The molecule has 3 heterocycles. The summed E-state index contributed by atoms with van der Waals surface area (Å²) < 4.78 is 5.27. The number of amides is 1.